The lowest BCUT2D eigenvalue weighted by Crippen LogP contribution is -2.32. The molecule has 1 aliphatic rings. The summed E-state index contributed by atoms with van der Waals surface area (Å²) in [6, 6.07) is 7.58. The Labute approximate surface area is 100 Å². The summed E-state index contributed by atoms with van der Waals surface area (Å²) in [5.41, 5.74) is 10.6. The Morgan fingerprint density at radius 1 is 1.41 bits per heavy atom. The molecule has 17 heavy (non-hydrogen) atoms. The van der Waals surface area contributed by atoms with Gasteiger partial charge < -0.3 is 10.8 Å². The van der Waals surface area contributed by atoms with Crippen LogP contribution in [0.4, 0.5) is 5.69 Å². The number of nitrogens with one attached hydrogen (secondary N) is 1. The molecule has 1 amide bonds. The van der Waals surface area contributed by atoms with Crippen LogP contribution in [0.15, 0.2) is 24.3 Å². The lowest BCUT2D eigenvalue weighted by Gasteiger charge is -2.18. The Hall–Kier alpha value is -1.59. The minimum absolute atomic E-state index is 0.0473. The van der Waals surface area contributed by atoms with E-state index in [4.69, 9.17) is 10.8 Å². The molecule has 0 aliphatic carbocycles. The first-order valence-electron chi connectivity index (χ1n) is 5.74. The van der Waals surface area contributed by atoms with E-state index in [-0.39, 0.29) is 18.6 Å². The Morgan fingerprint density at radius 3 is 2.65 bits per heavy atom. The van der Waals surface area contributed by atoms with E-state index < -0.39 is 0 Å². The summed E-state index contributed by atoms with van der Waals surface area (Å²) >= 11 is 0. The van der Waals surface area contributed by atoms with Crippen molar-refractivity contribution in [2.24, 2.45) is 5.73 Å². The lowest BCUT2D eigenvalue weighted by atomic mass is 10.0. The minimum Gasteiger partial charge on any atom is -0.396 e. The van der Waals surface area contributed by atoms with Crippen molar-refractivity contribution in [2.45, 2.75) is 18.9 Å². The van der Waals surface area contributed by atoms with Crippen LogP contribution in [0.25, 0.3) is 0 Å². The molecule has 1 atom stereocenters. The van der Waals surface area contributed by atoms with E-state index >= 15 is 0 Å². The van der Waals surface area contributed by atoms with E-state index in [0.717, 1.165) is 11.3 Å². The highest BCUT2D eigenvalue weighted by Crippen LogP contribution is 2.20. The number of hydrogen-bond acceptors (Lipinski definition) is 4. The van der Waals surface area contributed by atoms with E-state index in [1.807, 2.05) is 29.3 Å². The smallest absolute Gasteiger partial charge is 0.240 e. The quantitative estimate of drug-likeness (QED) is 0.702. The Bertz CT molecular complexity index is 391. The third kappa shape index (κ3) is 2.75. The number of carbonyl (C=O) groups excluding carboxylic acids is 1. The zero-order valence-electron chi connectivity index (χ0n) is 9.60. The van der Waals surface area contributed by atoms with Crippen LogP contribution >= 0.6 is 0 Å². The second-order valence-corrected chi connectivity index (χ2v) is 4.15. The summed E-state index contributed by atoms with van der Waals surface area (Å²) in [4.78, 5) is 11.1. The maximum Gasteiger partial charge on any atom is 0.240 e. The third-order valence-corrected chi connectivity index (χ3v) is 2.90. The van der Waals surface area contributed by atoms with Crippen molar-refractivity contribution in [3.05, 3.63) is 29.8 Å². The summed E-state index contributed by atoms with van der Waals surface area (Å²) in [6.07, 6.45) is 1.09. The molecular formula is C12H17N3O2. The Kier molecular flexibility index (Phi) is 3.61. The molecule has 0 spiro atoms. The maximum absolute atomic E-state index is 11.1. The van der Waals surface area contributed by atoms with Gasteiger partial charge in [0.1, 0.15) is 0 Å². The zero-order valence-corrected chi connectivity index (χ0v) is 9.60. The number of nitrogens with two attached hydrogens (primary N) is 1. The molecule has 1 aromatic rings. The Morgan fingerprint density at radius 2 is 2.12 bits per heavy atom. The molecule has 0 aromatic heterocycles. The van der Waals surface area contributed by atoms with E-state index in [0.29, 0.717) is 19.4 Å². The summed E-state index contributed by atoms with van der Waals surface area (Å²) < 4.78 is 0. The van der Waals surface area contributed by atoms with E-state index in [2.05, 4.69) is 5.43 Å². The van der Waals surface area contributed by atoms with Crippen LogP contribution in [-0.4, -0.2) is 24.2 Å². The number of aliphatic hydroxyl groups is 1. The molecule has 4 N–H and O–H groups in total. The summed E-state index contributed by atoms with van der Waals surface area (Å²) in [5.74, 6) is 0.0473. The van der Waals surface area contributed by atoms with E-state index in [1.54, 1.807) is 0 Å². The average molecular weight is 235 g/mol. The van der Waals surface area contributed by atoms with Gasteiger partial charge in [-0.3, -0.25) is 15.2 Å². The Balaban J connectivity index is 2.05. The fourth-order valence-corrected chi connectivity index (χ4v) is 1.88. The number of aliphatic hydroxyl groups excluding tert-OH is 1. The van der Waals surface area contributed by atoms with Gasteiger partial charge in [0.2, 0.25) is 5.91 Å². The largest absolute Gasteiger partial charge is 0.396 e. The molecule has 1 aliphatic heterocycles. The monoisotopic (exact) mass is 235 g/mol. The van der Waals surface area contributed by atoms with Crippen LogP contribution in [-0.2, 0) is 4.79 Å². The molecule has 1 fully saturated rings. The third-order valence-electron chi connectivity index (χ3n) is 2.90. The standard InChI is InChI=1S/C12H17N3O2/c13-11(6-8-16)9-1-3-10(4-2-9)15-7-5-12(17)14-15/h1-4,11,16H,5-8,13H2,(H,14,17). The first-order chi connectivity index (χ1) is 8.20. The number of anilines is 1. The van der Waals surface area contributed by atoms with Crippen LogP contribution in [0.1, 0.15) is 24.4 Å². The molecule has 1 heterocycles. The first-order valence-corrected chi connectivity index (χ1v) is 5.74. The second kappa shape index (κ2) is 5.16. The molecular weight excluding hydrogens is 218 g/mol. The van der Waals surface area contributed by atoms with Crippen molar-refractivity contribution < 1.29 is 9.90 Å². The molecule has 1 saturated heterocycles. The number of carbonyl (C=O) groups is 1. The van der Waals surface area contributed by atoms with Crippen LogP contribution in [0.2, 0.25) is 0 Å². The molecule has 92 valence electrons. The van der Waals surface area contributed by atoms with Crippen molar-refractivity contribution in [3.63, 3.8) is 0 Å². The molecule has 0 radical (unpaired) electrons. The van der Waals surface area contributed by atoms with Crippen molar-refractivity contribution in [1.82, 2.24) is 5.43 Å². The highest BCUT2D eigenvalue weighted by Gasteiger charge is 2.18. The van der Waals surface area contributed by atoms with Gasteiger partial charge in [0.15, 0.2) is 0 Å². The van der Waals surface area contributed by atoms with Gasteiger partial charge in [-0.1, -0.05) is 12.1 Å². The van der Waals surface area contributed by atoms with E-state index in [1.165, 1.54) is 0 Å². The maximum atomic E-state index is 11.1. The van der Waals surface area contributed by atoms with Gasteiger partial charge in [-0.05, 0) is 24.1 Å². The van der Waals surface area contributed by atoms with Gasteiger partial charge in [-0.15, -0.1) is 0 Å². The van der Waals surface area contributed by atoms with Gasteiger partial charge in [0.25, 0.3) is 0 Å². The summed E-state index contributed by atoms with van der Waals surface area (Å²) in [5, 5.41) is 10.6. The summed E-state index contributed by atoms with van der Waals surface area (Å²) in [7, 11) is 0. The number of hydrogen-bond donors (Lipinski definition) is 3. The van der Waals surface area contributed by atoms with Crippen LogP contribution in [0.3, 0.4) is 0 Å². The molecule has 1 unspecified atom stereocenters. The molecule has 5 heteroatoms. The van der Waals surface area contributed by atoms with Crippen molar-refractivity contribution in [2.75, 3.05) is 18.2 Å². The molecule has 0 bridgehead atoms. The molecule has 2 rings (SSSR count). The molecule has 0 saturated carbocycles. The number of hydrazine groups is 1. The highest BCUT2D eigenvalue weighted by atomic mass is 16.3. The second-order valence-electron chi connectivity index (χ2n) is 4.15. The van der Waals surface area contributed by atoms with Gasteiger partial charge in [-0.25, -0.2) is 0 Å². The van der Waals surface area contributed by atoms with Gasteiger partial charge in [0.05, 0.1) is 5.69 Å². The van der Waals surface area contributed by atoms with Crippen LogP contribution in [0.5, 0.6) is 0 Å². The molecule has 1 aromatic carbocycles. The van der Waals surface area contributed by atoms with Crippen LogP contribution < -0.4 is 16.2 Å². The van der Waals surface area contributed by atoms with Gasteiger partial charge in [-0.2, -0.15) is 0 Å². The fourth-order valence-electron chi connectivity index (χ4n) is 1.88. The lowest BCUT2D eigenvalue weighted by molar-refractivity contribution is -0.119. The zero-order chi connectivity index (χ0) is 12.3. The fraction of sp³-hybridized carbons (Fsp3) is 0.417. The number of nitrogens with zero attached hydrogens (tertiary/aromatic N) is 1. The average Bonchev–Trinajstić information content (AvgIpc) is 2.76. The van der Waals surface area contributed by atoms with E-state index in [9.17, 15) is 4.79 Å². The number of rotatable bonds is 4. The number of benzene rings is 1. The normalized spacial score (nSPS) is 17.1. The molecule has 5 nitrogen and oxygen atoms in total. The van der Waals surface area contributed by atoms with Crippen molar-refractivity contribution in [3.8, 4) is 0 Å². The van der Waals surface area contributed by atoms with Crippen LogP contribution in [0, 0.1) is 0 Å². The summed E-state index contributed by atoms with van der Waals surface area (Å²) in [6.45, 7) is 0.784. The minimum atomic E-state index is -0.137. The van der Waals surface area contributed by atoms with Gasteiger partial charge in [0, 0.05) is 25.6 Å². The predicted octanol–water partition coefficient (Wildman–Crippen LogP) is 0.310. The number of amides is 1. The van der Waals surface area contributed by atoms with Gasteiger partial charge >= 0.3 is 0 Å². The topological polar surface area (TPSA) is 78.6 Å². The highest BCUT2D eigenvalue weighted by molar-refractivity contribution is 5.81. The van der Waals surface area contributed by atoms with Crippen molar-refractivity contribution >= 4 is 11.6 Å². The predicted molar refractivity (Wildman–Crippen MR) is 65.2 cm³/mol. The SMILES string of the molecule is NC(CCO)c1ccc(N2CCC(=O)N2)cc1. The van der Waals surface area contributed by atoms with Crippen molar-refractivity contribution in [1.29, 1.82) is 0 Å². The first kappa shape index (κ1) is 11.9.